The van der Waals surface area contributed by atoms with E-state index in [0.717, 1.165) is 9.87 Å². The molecule has 0 aromatic heterocycles. The van der Waals surface area contributed by atoms with E-state index in [0.29, 0.717) is 41.8 Å². The summed E-state index contributed by atoms with van der Waals surface area (Å²) in [5.74, 6) is -0.0976. The van der Waals surface area contributed by atoms with Gasteiger partial charge in [0.1, 0.15) is 25.8 Å². The summed E-state index contributed by atoms with van der Waals surface area (Å²) in [6.45, 7) is 2.22. The third-order valence-electron chi connectivity index (χ3n) is 7.34. The summed E-state index contributed by atoms with van der Waals surface area (Å²) in [7, 11) is -4.24. The molecule has 234 valence electrons. The largest absolute Gasteiger partial charge is 0.486 e. The second-order valence-corrected chi connectivity index (χ2v) is 12.6. The summed E-state index contributed by atoms with van der Waals surface area (Å²) in [5.41, 5.74) is 1.67. The molecule has 45 heavy (non-hydrogen) atoms. The molecule has 1 aliphatic heterocycles. The van der Waals surface area contributed by atoms with Crippen molar-refractivity contribution in [2.75, 3.05) is 30.6 Å². The van der Waals surface area contributed by atoms with Gasteiger partial charge in [0.15, 0.2) is 11.5 Å². The zero-order valence-corrected chi connectivity index (χ0v) is 26.3. The lowest BCUT2D eigenvalue weighted by atomic mass is 10.0. The number of hydrogen-bond acceptors (Lipinski definition) is 6. The minimum absolute atomic E-state index is 0.00917. The minimum atomic E-state index is -4.24. The van der Waals surface area contributed by atoms with Crippen molar-refractivity contribution in [1.82, 2.24) is 10.2 Å². The van der Waals surface area contributed by atoms with Crippen LogP contribution in [0.1, 0.15) is 18.1 Å². The maximum Gasteiger partial charge on any atom is 0.264 e. The number of nitrogens with one attached hydrogen (secondary N) is 1. The first-order chi connectivity index (χ1) is 21.8. The Labute approximate surface area is 268 Å². The van der Waals surface area contributed by atoms with Crippen molar-refractivity contribution >= 4 is 39.1 Å². The Morgan fingerprint density at radius 3 is 2.20 bits per heavy atom. The molecule has 1 heterocycles. The van der Waals surface area contributed by atoms with Crippen molar-refractivity contribution in [2.45, 2.75) is 30.8 Å². The van der Waals surface area contributed by atoms with Crippen LogP contribution >= 0.6 is 11.6 Å². The van der Waals surface area contributed by atoms with Crippen molar-refractivity contribution in [1.29, 1.82) is 0 Å². The van der Waals surface area contributed by atoms with Crippen LogP contribution < -0.4 is 19.1 Å². The quantitative estimate of drug-likeness (QED) is 0.230. The molecule has 0 radical (unpaired) electrons. The number of rotatable bonds is 12. The van der Waals surface area contributed by atoms with Gasteiger partial charge in [0, 0.05) is 30.6 Å². The number of amides is 2. The van der Waals surface area contributed by atoms with Crippen LogP contribution in [0.2, 0.25) is 5.02 Å². The molecule has 9 nitrogen and oxygen atoms in total. The van der Waals surface area contributed by atoms with E-state index in [9.17, 15) is 18.0 Å². The first-order valence-corrected chi connectivity index (χ1v) is 16.4. The van der Waals surface area contributed by atoms with Crippen LogP contribution in [0.25, 0.3) is 0 Å². The summed E-state index contributed by atoms with van der Waals surface area (Å²) in [6, 6.07) is 28.1. The molecule has 0 saturated heterocycles. The fourth-order valence-electron chi connectivity index (χ4n) is 5.09. The second kappa shape index (κ2) is 14.5. The Bertz CT molecular complexity index is 1740. The third-order valence-corrected chi connectivity index (χ3v) is 9.50. The number of anilines is 1. The number of benzene rings is 4. The average Bonchev–Trinajstić information content (AvgIpc) is 3.06. The Balaban J connectivity index is 1.58. The van der Waals surface area contributed by atoms with Gasteiger partial charge in [0.25, 0.3) is 10.0 Å². The predicted octanol–water partition coefficient (Wildman–Crippen LogP) is 5.08. The number of carbonyl (C=O) groups excluding carboxylic acids is 2. The summed E-state index contributed by atoms with van der Waals surface area (Å²) >= 11 is 6.53. The lowest BCUT2D eigenvalue weighted by Gasteiger charge is -2.34. The van der Waals surface area contributed by atoms with Crippen LogP contribution in [0.3, 0.4) is 0 Å². The van der Waals surface area contributed by atoms with Gasteiger partial charge >= 0.3 is 0 Å². The summed E-state index contributed by atoms with van der Waals surface area (Å²) in [5, 5.41) is 3.27. The van der Waals surface area contributed by atoms with Gasteiger partial charge in [0.2, 0.25) is 11.8 Å². The molecule has 2 amide bonds. The third kappa shape index (κ3) is 7.58. The molecule has 0 spiro atoms. The average molecular weight is 648 g/mol. The lowest BCUT2D eigenvalue weighted by Crippen LogP contribution is -2.53. The monoisotopic (exact) mass is 647 g/mol. The first-order valence-electron chi connectivity index (χ1n) is 14.6. The van der Waals surface area contributed by atoms with E-state index in [4.69, 9.17) is 21.1 Å². The summed E-state index contributed by atoms with van der Waals surface area (Å²) in [6.07, 6.45) is 0.207. The highest BCUT2D eigenvalue weighted by Gasteiger charge is 2.35. The summed E-state index contributed by atoms with van der Waals surface area (Å²) in [4.78, 5) is 29.5. The SMILES string of the molecule is CCNC(=O)[C@H](Cc1ccccc1)N(Cc1ccccc1Cl)C(=O)CN(c1ccc2c(c1)OCCO2)S(=O)(=O)c1ccccc1. The van der Waals surface area contributed by atoms with Crippen molar-refractivity contribution in [3.63, 3.8) is 0 Å². The van der Waals surface area contributed by atoms with Gasteiger partial charge in [-0.2, -0.15) is 0 Å². The van der Waals surface area contributed by atoms with Crippen molar-refractivity contribution in [2.24, 2.45) is 0 Å². The van der Waals surface area contributed by atoms with Crippen LogP contribution in [0.15, 0.2) is 108 Å². The topological polar surface area (TPSA) is 105 Å². The summed E-state index contributed by atoms with van der Waals surface area (Å²) < 4.78 is 40.7. The molecule has 5 rings (SSSR count). The van der Waals surface area contributed by atoms with Gasteiger partial charge in [0.05, 0.1) is 10.6 Å². The Morgan fingerprint density at radius 2 is 1.51 bits per heavy atom. The number of sulfonamides is 1. The fraction of sp³-hybridized carbons (Fsp3) is 0.235. The van der Waals surface area contributed by atoms with Crippen molar-refractivity contribution < 1.29 is 27.5 Å². The Kier molecular flexibility index (Phi) is 10.3. The number of nitrogens with zero attached hydrogens (tertiary/aromatic N) is 2. The van der Waals surface area contributed by atoms with E-state index < -0.39 is 28.5 Å². The van der Waals surface area contributed by atoms with Gasteiger partial charge in [-0.1, -0.05) is 78.3 Å². The van der Waals surface area contributed by atoms with Crippen LogP contribution in [0.4, 0.5) is 5.69 Å². The highest BCUT2D eigenvalue weighted by atomic mass is 35.5. The Morgan fingerprint density at radius 1 is 0.867 bits per heavy atom. The molecule has 1 atom stereocenters. The van der Waals surface area contributed by atoms with Gasteiger partial charge in [-0.05, 0) is 48.4 Å². The highest BCUT2D eigenvalue weighted by Crippen LogP contribution is 2.36. The zero-order valence-electron chi connectivity index (χ0n) is 24.8. The van der Waals surface area contributed by atoms with Gasteiger partial charge in [-0.25, -0.2) is 8.42 Å². The molecule has 4 aromatic rings. The number of ether oxygens (including phenoxy) is 2. The molecule has 11 heteroatoms. The van der Waals surface area contributed by atoms with E-state index in [-0.39, 0.29) is 29.5 Å². The number of hydrogen-bond donors (Lipinski definition) is 1. The normalized spacial score (nSPS) is 13.0. The maximum atomic E-state index is 14.5. The van der Waals surface area contributed by atoms with Crippen molar-refractivity contribution in [3.8, 4) is 11.5 Å². The molecular weight excluding hydrogens is 614 g/mol. The standard InChI is InChI=1S/C34H34ClN3O6S/c1-2-36-34(40)30(21-25-11-5-3-6-12-25)37(23-26-13-9-10-16-29(26)35)33(39)24-38(45(41,42)28-14-7-4-8-15-28)27-17-18-31-32(22-27)44-20-19-43-31/h3-18,22,30H,2,19-21,23-24H2,1H3,(H,36,40)/t30-/m0/s1. The molecule has 0 aliphatic carbocycles. The smallest absolute Gasteiger partial charge is 0.264 e. The second-order valence-electron chi connectivity index (χ2n) is 10.4. The molecule has 0 saturated carbocycles. The minimum Gasteiger partial charge on any atom is -0.486 e. The maximum absolute atomic E-state index is 14.5. The molecule has 4 aromatic carbocycles. The molecular formula is C34H34ClN3O6S. The van der Waals surface area contributed by atoms with E-state index in [2.05, 4.69) is 5.32 Å². The number of halogens is 1. The Hall–Kier alpha value is -4.54. The lowest BCUT2D eigenvalue weighted by molar-refractivity contribution is -0.140. The molecule has 1 N–H and O–H groups in total. The number of carbonyl (C=O) groups is 2. The van der Waals surface area contributed by atoms with Crippen LogP contribution in [-0.2, 0) is 32.6 Å². The van der Waals surface area contributed by atoms with E-state index in [1.807, 2.05) is 30.3 Å². The van der Waals surface area contributed by atoms with E-state index >= 15 is 0 Å². The van der Waals surface area contributed by atoms with E-state index in [1.165, 1.54) is 17.0 Å². The van der Waals surface area contributed by atoms with Crippen LogP contribution in [0.5, 0.6) is 11.5 Å². The van der Waals surface area contributed by atoms with Gasteiger partial charge in [-0.3, -0.25) is 13.9 Å². The van der Waals surface area contributed by atoms with Crippen LogP contribution in [0, 0.1) is 0 Å². The number of likely N-dealkylation sites (N-methyl/N-ethyl adjacent to an activating group) is 1. The highest BCUT2D eigenvalue weighted by molar-refractivity contribution is 7.92. The van der Waals surface area contributed by atoms with E-state index in [1.54, 1.807) is 67.6 Å². The predicted molar refractivity (Wildman–Crippen MR) is 173 cm³/mol. The fourth-order valence-corrected chi connectivity index (χ4v) is 6.71. The van der Waals surface area contributed by atoms with Gasteiger partial charge < -0.3 is 19.7 Å². The molecule has 0 fully saturated rings. The first kappa shape index (κ1) is 31.9. The van der Waals surface area contributed by atoms with Crippen molar-refractivity contribution in [3.05, 3.63) is 119 Å². The molecule has 1 aliphatic rings. The number of fused-ring (bicyclic) bond motifs is 1. The molecule has 0 unspecified atom stereocenters. The van der Waals surface area contributed by atoms with Crippen LogP contribution in [-0.4, -0.2) is 57.5 Å². The zero-order chi connectivity index (χ0) is 31.8. The van der Waals surface area contributed by atoms with Gasteiger partial charge in [-0.15, -0.1) is 0 Å². The molecule has 0 bridgehead atoms.